The summed E-state index contributed by atoms with van der Waals surface area (Å²) in [6.45, 7) is 8.17. The van der Waals surface area contributed by atoms with Crippen molar-refractivity contribution in [2.24, 2.45) is 29.1 Å². The molecule has 0 amide bonds. The highest BCUT2D eigenvalue weighted by molar-refractivity contribution is 5.87. The highest BCUT2D eigenvalue weighted by Crippen LogP contribution is 2.60. The molecule has 30 heavy (non-hydrogen) atoms. The Morgan fingerprint density at radius 2 is 1.57 bits per heavy atom. The lowest BCUT2D eigenvalue weighted by molar-refractivity contribution is -0.175. The van der Waals surface area contributed by atoms with Crippen LogP contribution in [0, 0.1) is 29.1 Å². The van der Waals surface area contributed by atoms with Crippen LogP contribution in [0.15, 0.2) is 12.2 Å². The molecule has 5 saturated carbocycles. The third-order valence-corrected chi connectivity index (χ3v) is 8.39. The number of carbonyl (C=O) groups is 2. The number of ether oxygens (including phenoxy) is 3. The minimum Gasteiger partial charge on any atom is -0.456 e. The molecule has 5 heteroatoms. The maximum Gasteiger partial charge on any atom is 0.333 e. The normalized spacial score (nSPS) is 39.5. The van der Waals surface area contributed by atoms with Crippen LogP contribution in [-0.4, -0.2) is 30.9 Å². The lowest BCUT2D eigenvalue weighted by atomic mass is 9.50. The zero-order valence-corrected chi connectivity index (χ0v) is 18.8. The first-order chi connectivity index (χ1) is 14.3. The molecule has 0 unspecified atom stereocenters. The topological polar surface area (TPSA) is 61.8 Å². The summed E-state index contributed by atoms with van der Waals surface area (Å²) in [6, 6.07) is 0. The Balaban J connectivity index is 1.18. The Morgan fingerprint density at radius 1 is 1.00 bits per heavy atom. The lowest BCUT2D eigenvalue weighted by Crippen LogP contribution is -2.48. The first-order valence-corrected chi connectivity index (χ1v) is 12.0. The third kappa shape index (κ3) is 4.61. The Labute approximate surface area is 180 Å². The molecule has 0 aromatic carbocycles. The molecule has 5 rings (SSSR count). The fourth-order valence-corrected chi connectivity index (χ4v) is 7.13. The summed E-state index contributed by atoms with van der Waals surface area (Å²) in [6.07, 6.45) is 11.7. The molecule has 168 valence electrons. The van der Waals surface area contributed by atoms with Crippen molar-refractivity contribution in [2.45, 2.75) is 90.1 Å². The molecule has 0 aromatic rings. The van der Waals surface area contributed by atoms with Crippen molar-refractivity contribution < 1.29 is 23.8 Å². The largest absolute Gasteiger partial charge is 0.456 e. The molecule has 5 aliphatic rings. The quantitative estimate of drug-likeness (QED) is 0.235. The van der Waals surface area contributed by atoms with Crippen molar-refractivity contribution in [1.82, 2.24) is 0 Å². The van der Waals surface area contributed by atoms with Gasteiger partial charge in [-0.1, -0.05) is 13.5 Å². The maximum atomic E-state index is 12.5. The molecule has 0 aliphatic heterocycles. The van der Waals surface area contributed by atoms with Gasteiger partial charge in [0.2, 0.25) is 0 Å². The van der Waals surface area contributed by atoms with Gasteiger partial charge in [0.15, 0.2) is 6.79 Å². The molecule has 0 N–H and O–H groups in total. The zero-order chi connectivity index (χ0) is 21.4. The molecule has 0 atom stereocenters. The van der Waals surface area contributed by atoms with Crippen LogP contribution < -0.4 is 0 Å². The van der Waals surface area contributed by atoms with E-state index < -0.39 is 5.60 Å². The first-order valence-electron chi connectivity index (χ1n) is 12.0. The number of carbonyl (C=O) groups excluding carboxylic acids is 2. The van der Waals surface area contributed by atoms with E-state index in [0.29, 0.717) is 36.7 Å². The highest BCUT2D eigenvalue weighted by atomic mass is 16.7. The summed E-state index contributed by atoms with van der Waals surface area (Å²) in [4.78, 5) is 24.5. The summed E-state index contributed by atoms with van der Waals surface area (Å²) >= 11 is 0. The Kier molecular flexibility index (Phi) is 6.30. The second-order valence-electron chi connectivity index (χ2n) is 10.8. The molecule has 0 heterocycles. The second-order valence-corrected chi connectivity index (χ2v) is 10.8. The molecule has 0 aromatic heterocycles. The third-order valence-electron chi connectivity index (χ3n) is 8.39. The fraction of sp³-hybridized carbons (Fsp3) is 0.840. The van der Waals surface area contributed by atoms with Crippen LogP contribution in [0.4, 0.5) is 0 Å². The predicted octanol–water partition coefficient (Wildman–Crippen LogP) is 5.18. The average molecular weight is 419 g/mol. The Hall–Kier alpha value is -1.36. The van der Waals surface area contributed by atoms with Crippen LogP contribution in [0.1, 0.15) is 84.5 Å². The van der Waals surface area contributed by atoms with Crippen molar-refractivity contribution >= 4 is 11.9 Å². The van der Waals surface area contributed by atoms with Gasteiger partial charge in [-0.05, 0) is 101 Å². The van der Waals surface area contributed by atoms with Crippen molar-refractivity contribution in [3.63, 3.8) is 0 Å². The molecule has 0 spiro atoms. The van der Waals surface area contributed by atoms with E-state index in [2.05, 4.69) is 6.58 Å². The van der Waals surface area contributed by atoms with Crippen molar-refractivity contribution in [3.8, 4) is 0 Å². The number of rotatable bonds is 8. The average Bonchev–Trinajstić information content (AvgIpc) is 2.70. The SMILES string of the molecule is C=C(C)C(=O)OC1(CC)CCC(C(=O)OCOCC23CC4CC(CC(C4)C2)C3)CC1. The van der Waals surface area contributed by atoms with E-state index in [-0.39, 0.29) is 24.6 Å². The highest BCUT2D eigenvalue weighted by Gasteiger charge is 2.51. The van der Waals surface area contributed by atoms with Gasteiger partial charge in [0.25, 0.3) is 0 Å². The molecule has 5 nitrogen and oxygen atoms in total. The van der Waals surface area contributed by atoms with E-state index in [1.807, 2.05) is 6.92 Å². The van der Waals surface area contributed by atoms with Gasteiger partial charge >= 0.3 is 11.9 Å². The number of hydrogen-bond donors (Lipinski definition) is 0. The van der Waals surface area contributed by atoms with E-state index in [4.69, 9.17) is 14.2 Å². The van der Waals surface area contributed by atoms with Gasteiger partial charge in [0.05, 0.1) is 12.5 Å². The smallest absolute Gasteiger partial charge is 0.333 e. The van der Waals surface area contributed by atoms with Crippen LogP contribution in [0.2, 0.25) is 0 Å². The molecule has 5 fully saturated rings. The van der Waals surface area contributed by atoms with Crippen molar-refractivity contribution in [3.05, 3.63) is 12.2 Å². The molecule has 0 saturated heterocycles. The minimum absolute atomic E-state index is 0.0701. The molecule has 4 bridgehead atoms. The van der Waals surface area contributed by atoms with Gasteiger partial charge in [0, 0.05) is 5.57 Å². The van der Waals surface area contributed by atoms with E-state index in [1.165, 1.54) is 38.5 Å². The van der Waals surface area contributed by atoms with E-state index >= 15 is 0 Å². The Bertz CT molecular complexity index is 638. The maximum absolute atomic E-state index is 12.5. The summed E-state index contributed by atoms with van der Waals surface area (Å²) in [5.74, 6) is 2.08. The summed E-state index contributed by atoms with van der Waals surface area (Å²) in [5, 5.41) is 0. The number of hydrogen-bond acceptors (Lipinski definition) is 5. The van der Waals surface area contributed by atoms with Gasteiger partial charge in [-0.25, -0.2) is 4.79 Å². The lowest BCUT2D eigenvalue weighted by Gasteiger charge is -2.56. The van der Waals surface area contributed by atoms with Gasteiger partial charge in [-0.2, -0.15) is 0 Å². The van der Waals surface area contributed by atoms with Crippen molar-refractivity contribution in [1.29, 1.82) is 0 Å². The van der Waals surface area contributed by atoms with Crippen molar-refractivity contribution in [2.75, 3.05) is 13.4 Å². The summed E-state index contributed by atoms with van der Waals surface area (Å²) in [5.41, 5.74) is 0.294. The van der Waals surface area contributed by atoms with E-state index in [0.717, 1.165) is 30.8 Å². The van der Waals surface area contributed by atoms with Crippen LogP contribution in [0.3, 0.4) is 0 Å². The minimum atomic E-state index is -0.470. The second kappa shape index (κ2) is 8.64. The van der Waals surface area contributed by atoms with E-state index in [9.17, 15) is 9.59 Å². The van der Waals surface area contributed by atoms with Gasteiger partial charge in [-0.3, -0.25) is 4.79 Å². The van der Waals surface area contributed by atoms with Gasteiger partial charge < -0.3 is 14.2 Å². The predicted molar refractivity (Wildman–Crippen MR) is 113 cm³/mol. The van der Waals surface area contributed by atoms with Gasteiger partial charge in [-0.15, -0.1) is 0 Å². The van der Waals surface area contributed by atoms with Crippen LogP contribution >= 0.6 is 0 Å². The first kappa shape index (κ1) is 21.9. The van der Waals surface area contributed by atoms with Crippen LogP contribution in [-0.2, 0) is 23.8 Å². The summed E-state index contributed by atoms with van der Waals surface area (Å²) < 4.78 is 17.1. The van der Waals surface area contributed by atoms with Crippen LogP contribution in [0.25, 0.3) is 0 Å². The van der Waals surface area contributed by atoms with E-state index in [1.54, 1.807) is 6.92 Å². The zero-order valence-electron chi connectivity index (χ0n) is 18.8. The number of esters is 2. The van der Waals surface area contributed by atoms with Crippen LogP contribution in [0.5, 0.6) is 0 Å². The molecular formula is C25H38O5. The monoisotopic (exact) mass is 418 g/mol. The molecule has 0 radical (unpaired) electrons. The molecule has 5 aliphatic carbocycles. The van der Waals surface area contributed by atoms with Gasteiger partial charge in [0.1, 0.15) is 5.60 Å². The standard InChI is InChI=1S/C25H38O5/c1-4-25(30-22(26)17(2)3)7-5-21(6-8-25)23(27)29-16-28-15-24-12-18-9-19(13-24)11-20(10-18)14-24/h18-21H,2,4-16H2,1,3H3. The summed E-state index contributed by atoms with van der Waals surface area (Å²) in [7, 11) is 0. The molecular weight excluding hydrogens is 380 g/mol. The fourth-order valence-electron chi connectivity index (χ4n) is 7.13. The Morgan fingerprint density at radius 3 is 2.07 bits per heavy atom.